The van der Waals surface area contributed by atoms with Gasteiger partial charge in [0.1, 0.15) is 5.02 Å². The Morgan fingerprint density at radius 3 is 3.06 bits per heavy atom. The minimum atomic E-state index is 0. The van der Waals surface area contributed by atoms with Gasteiger partial charge in [0.25, 0.3) is 0 Å². The predicted octanol–water partition coefficient (Wildman–Crippen LogP) is 1.20. The minimum Gasteiger partial charge on any atom is -0.480 e. The Morgan fingerprint density at radius 1 is 1.67 bits per heavy atom. The zero-order chi connectivity index (χ0) is 12.3. The topological polar surface area (TPSA) is 67.3 Å². The lowest BCUT2D eigenvalue weighted by Gasteiger charge is -2.13. The lowest BCUT2D eigenvalue weighted by molar-refractivity contribution is -0.117. The molecule has 1 aliphatic heterocycles. The molecule has 18 heavy (non-hydrogen) atoms. The molecule has 0 saturated carbocycles. The molecule has 0 radical (unpaired) electrons. The van der Waals surface area contributed by atoms with Crippen molar-refractivity contribution in [2.24, 2.45) is 0 Å². The molecule has 0 aliphatic carbocycles. The average molecular weight is 293 g/mol. The number of likely N-dealkylation sites (tertiary alicyclic amines) is 1. The molecule has 1 amide bonds. The number of nitrogens with zero attached hydrogens (tertiary/aromatic N) is 3. The number of anilines is 1. The number of carbonyl (C=O) groups is 1. The first kappa shape index (κ1) is 14.8. The number of nitrogens with one attached hydrogen (secondary N) is 1. The van der Waals surface area contributed by atoms with Crippen LogP contribution in [0.3, 0.4) is 0 Å². The van der Waals surface area contributed by atoms with Crippen molar-refractivity contribution in [3.63, 3.8) is 0 Å². The van der Waals surface area contributed by atoms with E-state index < -0.39 is 0 Å². The monoisotopic (exact) mass is 292 g/mol. The Kier molecular flexibility index (Phi) is 5.43. The minimum absolute atomic E-state index is 0. The number of methoxy groups -OCH3 is 1. The normalized spacial score (nSPS) is 18.1. The third-order valence-corrected chi connectivity index (χ3v) is 2.87. The fraction of sp³-hybridized carbons (Fsp3) is 0.500. The molecule has 1 fully saturated rings. The standard InChI is InChI=1S/C10H13ClN4O2.ClH/c1-17-9-8(11)4-12-10(14-9)13-7-2-3-15(5-7)6-16;/h4,6-7H,2-3,5H2,1H3,(H,12,13,14);1H. The van der Waals surface area contributed by atoms with E-state index in [1.807, 2.05) is 0 Å². The molecule has 6 nitrogen and oxygen atoms in total. The van der Waals surface area contributed by atoms with Crippen LogP contribution in [-0.4, -0.2) is 47.5 Å². The average Bonchev–Trinajstić information content (AvgIpc) is 2.79. The van der Waals surface area contributed by atoms with Gasteiger partial charge in [0.2, 0.25) is 18.2 Å². The molecule has 2 rings (SSSR count). The number of hydrogen-bond acceptors (Lipinski definition) is 5. The summed E-state index contributed by atoms with van der Waals surface area (Å²) in [4.78, 5) is 20.5. The predicted molar refractivity (Wildman–Crippen MR) is 70.5 cm³/mol. The summed E-state index contributed by atoms with van der Waals surface area (Å²) in [6, 6.07) is 0.172. The zero-order valence-electron chi connectivity index (χ0n) is 9.80. The third-order valence-electron chi connectivity index (χ3n) is 2.61. The van der Waals surface area contributed by atoms with Crippen LogP contribution in [0.4, 0.5) is 5.95 Å². The molecule has 1 atom stereocenters. The van der Waals surface area contributed by atoms with Crippen molar-refractivity contribution in [2.45, 2.75) is 12.5 Å². The summed E-state index contributed by atoms with van der Waals surface area (Å²) in [5, 5.41) is 3.52. The van der Waals surface area contributed by atoms with Crippen LogP contribution in [0.25, 0.3) is 0 Å². The molecule has 1 aromatic heterocycles. The molecule has 100 valence electrons. The summed E-state index contributed by atoms with van der Waals surface area (Å²) in [7, 11) is 1.50. The Bertz CT molecular complexity index is 419. The smallest absolute Gasteiger partial charge is 0.237 e. The summed E-state index contributed by atoms with van der Waals surface area (Å²) < 4.78 is 5.00. The van der Waals surface area contributed by atoms with Crippen LogP contribution in [0, 0.1) is 0 Å². The molecule has 1 unspecified atom stereocenters. The Hall–Kier alpha value is -1.27. The molecule has 2 heterocycles. The second kappa shape index (κ2) is 6.61. The van der Waals surface area contributed by atoms with Gasteiger partial charge in [0, 0.05) is 19.1 Å². The zero-order valence-corrected chi connectivity index (χ0v) is 11.4. The third kappa shape index (κ3) is 3.36. The lowest BCUT2D eigenvalue weighted by Crippen LogP contribution is -2.26. The molecule has 0 spiro atoms. The van der Waals surface area contributed by atoms with Crippen molar-refractivity contribution >= 4 is 36.4 Å². The molecule has 1 aromatic rings. The van der Waals surface area contributed by atoms with Crippen LogP contribution in [0.15, 0.2) is 6.20 Å². The fourth-order valence-corrected chi connectivity index (χ4v) is 1.92. The number of amides is 1. The van der Waals surface area contributed by atoms with Crippen molar-refractivity contribution in [2.75, 3.05) is 25.5 Å². The van der Waals surface area contributed by atoms with Crippen LogP contribution in [0.5, 0.6) is 5.88 Å². The van der Waals surface area contributed by atoms with Gasteiger partial charge in [-0.25, -0.2) is 4.98 Å². The molecule has 1 N–H and O–H groups in total. The van der Waals surface area contributed by atoms with E-state index in [1.165, 1.54) is 13.3 Å². The highest BCUT2D eigenvalue weighted by atomic mass is 35.5. The number of hydrogen-bond donors (Lipinski definition) is 1. The van der Waals surface area contributed by atoms with Crippen LogP contribution in [0.2, 0.25) is 5.02 Å². The molecule has 0 aromatic carbocycles. The first-order valence-corrected chi connectivity index (χ1v) is 5.63. The highest BCUT2D eigenvalue weighted by Gasteiger charge is 2.21. The number of carbonyl (C=O) groups excluding carboxylic acids is 1. The SMILES string of the molecule is COc1nc(NC2CCN(C=O)C2)ncc1Cl.Cl. The van der Waals surface area contributed by atoms with Gasteiger partial charge in [-0.15, -0.1) is 12.4 Å². The van der Waals surface area contributed by atoms with Crippen molar-refractivity contribution in [1.29, 1.82) is 0 Å². The summed E-state index contributed by atoms with van der Waals surface area (Å²) >= 11 is 5.83. The van der Waals surface area contributed by atoms with E-state index >= 15 is 0 Å². The summed E-state index contributed by atoms with van der Waals surface area (Å²) in [5.74, 6) is 0.804. The maximum absolute atomic E-state index is 10.6. The highest BCUT2D eigenvalue weighted by molar-refractivity contribution is 6.31. The number of aromatic nitrogens is 2. The quantitative estimate of drug-likeness (QED) is 0.845. The van der Waals surface area contributed by atoms with Gasteiger partial charge in [-0.2, -0.15) is 4.98 Å². The summed E-state index contributed by atoms with van der Waals surface area (Å²) in [5.41, 5.74) is 0. The van der Waals surface area contributed by atoms with Crippen molar-refractivity contribution in [3.8, 4) is 5.88 Å². The van der Waals surface area contributed by atoms with E-state index in [0.29, 0.717) is 23.4 Å². The van der Waals surface area contributed by atoms with Crippen molar-refractivity contribution in [3.05, 3.63) is 11.2 Å². The van der Waals surface area contributed by atoms with E-state index in [0.717, 1.165) is 19.4 Å². The molecule has 1 aliphatic rings. The lowest BCUT2D eigenvalue weighted by atomic mass is 10.3. The Labute approximate surface area is 116 Å². The van der Waals surface area contributed by atoms with Gasteiger partial charge in [-0.3, -0.25) is 4.79 Å². The van der Waals surface area contributed by atoms with Crippen LogP contribution >= 0.6 is 24.0 Å². The second-order valence-electron chi connectivity index (χ2n) is 3.78. The van der Waals surface area contributed by atoms with Crippen LogP contribution in [0.1, 0.15) is 6.42 Å². The number of halogens is 2. The van der Waals surface area contributed by atoms with Gasteiger partial charge >= 0.3 is 0 Å². The van der Waals surface area contributed by atoms with Gasteiger partial charge in [0.05, 0.1) is 13.3 Å². The molecule has 8 heteroatoms. The van der Waals surface area contributed by atoms with E-state index in [2.05, 4.69) is 15.3 Å². The van der Waals surface area contributed by atoms with Crippen LogP contribution in [-0.2, 0) is 4.79 Å². The number of rotatable bonds is 4. The number of ether oxygens (including phenoxy) is 1. The summed E-state index contributed by atoms with van der Waals surface area (Å²) in [6.07, 6.45) is 3.22. The van der Waals surface area contributed by atoms with Crippen LogP contribution < -0.4 is 10.1 Å². The van der Waals surface area contributed by atoms with E-state index in [9.17, 15) is 4.79 Å². The molecular weight excluding hydrogens is 279 g/mol. The van der Waals surface area contributed by atoms with Gasteiger partial charge in [0.15, 0.2) is 0 Å². The first-order chi connectivity index (χ1) is 8.22. The largest absolute Gasteiger partial charge is 0.480 e. The van der Waals surface area contributed by atoms with E-state index in [1.54, 1.807) is 4.90 Å². The van der Waals surface area contributed by atoms with E-state index in [4.69, 9.17) is 16.3 Å². The van der Waals surface area contributed by atoms with Gasteiger partial charge in [-0.1, -0.05) is 11.6 Å². The van der Waals surface area contributed by atoms with E-state index in [-0.39, 0.29) is 18.4 Å². The maximum Gasteiger partial charge on any atom is 0.237 e. The molecular formula is C10H14Cl2N4O2. The Morgan fingerprint density at radius 2 is 2.44 bits per heavy atom. The highest BCUT2D eigenvalue weighted by Crippen LogP contribution is 2.22. The summed E-state index contributed by atoms with van der Waals surface area (Å²) in [6.45, 7) is 1.42. The van der Waals surface area contributed by atoms with Crippen molar-refractivity contribution in [1.82, 2.24) is 14.9 Å². The molecule has 1 saturated heterocycles. The van der Waals surface area contributed by atoms with Gasteiger partial charge in [-0.05, 0) is 6.42 Å². The maximum atomic E-state index is 10.6. The first-order valence-electron chi connectivity index (χ1n) is 5.25. The Balaban J connectivity index is 0.00000162. The van der Waals surface area contributed by atoms with Gasteiger partial charge < -0.3 is 15.0 Å². The molecule has 0 bridgehead atoms. The van der Waals surface area contributed by atoms with Crippen molar-refractivity contribution < 1.29 is 9.53 Å². The second-order valence-corrected chi connectivity index (χ2v) is 4.19. The fourth-order valence-electron chi connectivity index (χ4n) is 1.75.